The van der Waals surface area contributed by atoms with Crippen LogP contribution >= 0.6 is 23.2 Å². The summed E-state index contributed by atoms with van der Waals surface area (Å²) in [6.45, 7) is 3.28. The van der Waals surface area contributed by atoms with Crippen molar-refractivity contribution in [2.75, 3.05) is 4.72 Å². The van der Waals surface area contributed by atoms with Crippen molar-refractivity contribution in [2.24, 2.45) is 0 Å². The van der Waals surface area contributed by atoms with Crippen molar-refractivity contribution in [1.29, 1.82) is 0 Å². The Bertz CT molecular complexity index is 787. The fourth-order valence-electron chi connectivity index (χ4n) is 1.72. The molecule has 0 aliphatic rings. The van der Waals surface area contributed by atoms with E-state index in [2.05, 4.69) is 9.71 Å². The van der Waals surface area contributed by atoms with Gasteiger partial charge in [0.1, 0.15) is 15.9 Å². The van der Waals surface area contributed by atoms with Crippen LogP contribution in [0.2, 0.25) is 10.3 Å². The topological polar surface area (TPSA) is 59.1 Å². The highest BCUT2D eigenvalue weighted by Gasteiger charge is 2.22. The van der Waals surface area contributed by atoms with Gasteiger partial charge in [0.2, 0.25) is 0 Å². The molecule has 1 aromatic carbocycles. The number of hydrogen-bond donors (Lipinski definition) is 1. The maximum Gasteiger partial charge on any atom is 0.264 e. The molecule has 2 rings (SSSR count). The third-order valence-electron chi connectivity index (χ3n) is 2.75. The van der Waals surface area contributed by atoms with E-state index in [-0.39, 0.29) is 16.0 Å². The molecule has 0 spiro atoms. The Hall–Kier alpha value is -1.37. The van der Waals surface area contributed by atoms with E-state index in [9.17, 15) is 12.8 Å². The van der Waals surface area contributed by atoms with E-state index < -0.39 is 20.7 Å². The fraction of sp³-hybridized carbons (Fsp3) is 0.154. The summed E-state index contributed by atoms with van der Waals surface area (Å²) < 4.78 is 40.6. The number of halogens is 3. The fourth-order valence-corrected chi connectivity index (χ4v) is 3.66. The van der Waals surface area contributed by atoms with Crippen LogP contribution in [0.5, 0.6) is 0 Å². The highest BCUT2D eigenvalue weighted by molar-refractivity contribution is 7.92. The zero-order valence-corrected chi connectivity index (χ0v) is 13.4. The quantitative estimate of drug-likeness (QED) is 0.854. The molecule has 112 valence electrons. The summed E-state index contributed by atoms with van der Waals surface area (Å²) in [6, 6.07) is 5.27. The summed E-state index contributed by atoms with van der Waals surface area (Å²) >= 11 is 11.6. The van der Waals surface area contributed by atoms with Crippen LogP contribution in [-0.4, -0.2) is 13.4 Å². The van der Waals surface area contributed by atoms with E-state index >= 15 is 0 Å². The van der Waals surface area contributed by atoms with Gasteiger partial charge in [-0.3, -0.25) is 4.72 Å². The molecule has 0 amide bonds. The Labute approximate surface area is 132 Å². The number of nitrogens with one attached hydrogen (secondary N) is 1. The molecule has 0 saturated carbocycles. The molecule has 0 unspecified atom stereocenters. The first-order valence-electron chi connectivity index (χ1n) is 5.82. The molecule has 4 nitrogen and oxygen atoms in total. The number of aryl methyl sites for hydroxylation is 2. The van der Waals surface area contributed by atoms with Gasteiger partial charge in [0.25, 0.3) is 10.0 Å². The highest BCUT2D eigenvalue weighted by Crippen LogP contribution is 2.29. The lowest BCUT2D eigenvalue weighted by atomic mass is 10.2. The molecule has 0 aliphatic heterocycles. The van der Waals surface area contributed by atoms with Crippen molar-refractivity contribution in [3.8, 4) is 0 Å². The molecule has 8 heteroatoms. The number of anilines is 1. The van der Waals surface area contributed by atoms with E-state index in [1.54, 1.807) is 13.8 Å². The smallest absolute Gasteiger partial charge is 0.264 e. The predicted octanol–water partition coefficient (Wildman–Crippen LogP) is 3.95. The van der Waals surface area contributed by atoms with E-state index in [0.29, 0.717) is 11.1 Å². The minimum absolute atomic E-state index is 0.0713. The van der Waals surface area contributed by atoms with Gasteiger partial charge in [-0.1, -0.05) is 29.3 Å². The van der Waals surface area contributed by atoms with Gasteiger partial charge < -0.3 is 0 Å². The Morgan fingerprint density at radius 2 is 1.86 bits per heavy atom. The molecule has 0 atom stereocenters. The van der Waals surface area contributed by atoms with Crippen LogP contribution in [0, 0.1) is 19.7 Å². The molecule has 1 aromatic heterocycles. The van der Waals surface area contributed by atoms with Gasteiger partial charge in [-0.2, -0.15) is 0 Å². The highest BCUT2D eigenvalue weighted by atomic mass is 35.5. The molecule has 1 heterocycles. The number of sulfonamides is 1. The number of rotatable bonds is 3. The van der Waals surface area contributed by atoms with Crippen LogP contribution in [0.15, 0.2) is 29.2 Å². The maximum atomic E-state index is 13.7. The van der Waals surface area contributed by atoms with Crippen molar-refractivity contribution in [3.05, 3.63) is 51.5 Å². The number of aromatic nitrogens is 1. The molecule has 0 fully saturated rings. The largest absolute Gasteiger partial charge is 0.276 e. The SMILES string of the molecule is Cc1ccc(F)c(S(=O)(=O)Nc2c(C)cc(Cl)nc2Cl)c1. The Morgan fingerprint density at radius 3 is 2.48 bits per heavy atom. The minimum atomic E-state index is -4.12. The van der Waals surface area contributed by atoms with Gasteiger partial charge >= 0.3 is 0 Å². The Kier molecular flexibility index (Phi) is 4.41. The molecule has 2 aromatic rings. The van der Waals surface area contributed by atoms with Gasteiger partial charge in [0, 0.05) is 0 Å². The lowest BCUT2D eigenvalue weighted by molar-refractivity contribution is 0.570. The van der Waals surface area contributed by atoms with Crippen molar-refractivity contribution in [2.45, 2.75) is 18.7 Å². The molecular weight excluding hydrogens is 338 g/mol. The van der Waals surface area contributed by atoms with Gasteiger partial charge in [-0.25, -0.2) is 17.8 Å². The van der Waals surface area contributed by atoms with Crippen LogP contribution in [0.3, 0.4) is 0 Å². The van der Waals surface area contributed by atoms with Crippen molar-refractivity contribution in [1.82, 2.24) is 4.98 Å². The standard InChI is InChI=1S/C13H11Cl2FN2O2S/c1-7-3-4-9(16)10(5-7)21(19,20)18-12-8(2)6-11(14)17-13(12)15/h3-6,18H,1-2H3. The number of pyridine rings is 1. The summed E-state index contributed by atoms with van der Waals surface area (Å²) in [6.07, 6.45) is 0. The summed E-state index contributed by atoms with van der Waals surface area (Å²) in [7, 11) is -4.12. The van der Waals surface area contributed by atoms with Crippen LogP contribution in [0.1, 0.15) is 11.1 Å². The zero-order valence-electron chi connectivity index (χ0n) is 11.1. The second kappa shape index (κ2) is 5.79. The van der Waals surface area contributed by atoms with E-state index in [4.69, 9.17) is 23.2 Å². The first kappa shape index (κ1) is 16.0. The average molecular weight is 349 g/mol. The second-order valence-electron chi connectivity index (χ2n) is 4.47. The van der Waals surface area contributed by atoms with E-state index in [0.717, 1.165) is 6.07 Å². The zero-order chi connectivity index (χ0) is 15.8. The molecule has 0 radical (unpaired) electrons. The van der Waals surface area contributed by atoms with E-state index in [1.165, 1.54) is 18.2 Å². The number of nitrogens with zero attached hydrogens (tertiary/aromatic N) is 1. The molecule has 0 saturated heterocycles. The molecule has 0 bridgehead atoms. The minimum Gasteiger partial charge on any atom is -0.276 e. The molecule has 0 aliphatic carbocycles. The van der Waals surface area contributed by atoms with Crippen LogP contribution in [0.4, 0.5) is 10.1 Å². The van der Waals surface area contributed by atoms with Crippen LogP contribution in [-0.2, 0) is 10.0 Å². The monoisotopic (exact) mass is 348 g/mol. The Balaban J connectivity index is 2.50. The third-order valence-corrected chi connectivity index (χ3v) is 4.59. The lowest BCUT2D eigenvalue weighted by Gasteiger charge is -2.13. The van der Waals surface area contributed by atoms with Gasteiger partial charge in [0.15, 0.2) is 5.15 Å². The van der Waals surface area contributed by atoms with E-state index in [1.807, 2.05) is 0 Å². The van der Waals surface area contributed by atoms with Gasteiger partial charge in [-0.15, -0.1) is 0 Å². The maximum absolute atomic E-state index is 13.7. The summed E-state index contributed by atoms with van der Waals surface area (Å²) in [5.74, 6) is -0.844. The van der Waals surface area contributed by atoms with Crippen LogP contribution in [0.25, 0.3) is 0 Å². The molecule has 21 heavy (non-hydrogen) atoms. The van der Waals surface area contributed by atoms with Crippen molar-refractivity contribution < 1.29 is 12.8 Å². The number of benzene rings is 1. The first-order valence-corrected chi connectivity index (χ1v) is 8.06. The molecule has 1 N–H and O–H groups in total. The summed E-state index contributed by atoms with van der Waals surface area (Å²) in [5, 5.41) is 0.0406. The van der Waals surface area contributed by atoms with Crippen LogP contribution < -0.4 is 4.72 Å². The summed E-state index contributed by atoms with van der Waals surface area (Å²) in [5.41, 5.74) is 1.17. The second-order valence-corrected chi connectivity index (χ2v) is 6.86. The normalized spacial score (nSPS) is 11.5. The lowest BCUT2D eigenvalue weighted by Crippen LogP contribution is -2.16. The third kappa shape index (κ3) is 3.45. The van der Waals surface area contributed by atoms with Gasteiger partial charge in [0.05, 0.1) is 5.69 Å². The van der Waals surface area contributed by atoms with Crippen molar-refractivity contribution in [3.63, 3.8) is 0 Å². The predicted molar refractivity (Wildman–Crippen MR) is 80.9 cm³/mol. The first-order chi connectivity index (χ1) is 9.70. The average Bonchev–Trinajstić information content (AvgIpc) is 2.36. The van der Waals surface area contributed by atoms with Gasteiger partial charge in [-0.05, 0) is 43.2 Å². The number of hydrogen-bond acceptors (Lipinski definition) is 3. The van der Waals surface area contributed by atoms with Crippen molar-refractivity contribution >= 4 is 38.9 Å². The molecular formula is C13H11Cl2FN2O2S. The summed E-state index contributed by atoms with van der Waals surface area (Å²) in [4.78, 5) is 3.31. The Morgan fingerprint density at radius 1 is 1.19 bits per heavy atom.